The maximum absolute atomic E-state index is 12.0. The molecule has 0 saturated carbocycles. The second-order valence-corrected chi connectivity index (χ2v) is 6.37. The molecule has 3 atom stereocenters. The first kappa shape index (κ1) is 14.8. The monoisotopic (exact) mass is 258 g/mol. The average molecular weight is 258 g/mol. The van der Waals surface area contributed by atoms with Crippen LogP contribution in [0.1, 0.15) is 40.0 Å². The minimum absolute atomic E-state index is 0.215. The Kier molecular flexibility index (Phi) is 6.97. The van der Waals surface area contributed by atoms with Crippen LogP contribution < -0.4 is 10.6 Å². The summed E-state index contributed by atoms with van der Waals surface area (Å²) >= 11 is 1.94. The van der Waals surface area contributed by atoms with Crippen molar-refractivity contribution in [1.82, 2.24) is 10.6 Å². The van der Waals surface area contributed by atoms with Crippen LogP contribution >= 0.6 is 11.8 Å². The van der Waals surface area contributed by atoms with Gasteiger partial charge >= 0.3 is 0 Å². The lowest BCUT2D eigenvalue weighted by atomic mass is 9.92. The van der Waals surface area contributed by atoms with Gasteiger partial charge in [0.15, 0.2) is 0 Å². The molecule has 0 aliphatic carbocycles. The Balaban J connectivity index is 2.22. The van der Waals surface area contributed by atoms with Gasteiger partial charge in [0.25, 0.3) is 0 Å². The first-order valence-corrected chi connectivity index (χ1v) is 7.90. The molecule has 3 nitrogen and oxygen atoms in total. The quantitative estimate of drug-likeness (QED) is 0.716. The predicted octanol–water partition coefficient (Wildman–Crippen LogP) is 2.02. The lowest BCUT2D eigenvalue weighted by molar-refractivity contribution is -0.126. The van der Waals surface area contributed by atoms with Crippen molar-refractivity contribution >= 4 is 17.7 Å². The fourth-order valence-corrected chi connectivity index (χ4v) is 3.02. The summed E-state index contributed by atoms with van der Waals surface area (Å²) < 4.78 is 0. The van der Waals surface area contributed by atoms with Crippen molar-refractivity contribution in [2.24, 2.45) is 5.92 Å². The Bertz CT molecular complexity index is 235. The maximum atomic E-state index is 12.0. The number of amides is 1. The summed E-state index contributed by atoms with van der Waals surface area (Å²) in [6.07, 6.45) is 3.03. The molecule has 1 aliphatic rings. The standard InChI is InChI=1S/C13H26N2OS/c1-4-17-8-6-10(2)15-13(16)12-5-7-14-11(3)9-12/h10-12,14H,4-9H2,1-3H3,(H,15,16). The van der Waals surface area contributed by atoms with Gasteiger partial charge in [-0.05, 0) is 51.2 Å². The minimum atomic E-state index is 0.215. The molecule has 3 unspecified atom stereocenters. The highest BCUT2D eigenvalue weighted by molar-refractivity contribution is 7.99. The number of thioether (sulfide) groups is 1. The topological polar surface area (TPSA) is 41.1 Å². The molecule has 1 amide bonds. The van der Waals surface area contributed by atoms with Gasteiger partial charge in [-0.15, -0.1) is 0 Å². The number of carbonyl (C=O) groups excluding carboxylic acids is 1. The van der Waals surface area contributed by atoms with Gasteiger partial charge in [-0.1, -0.05) is 6.92 Å². The van der Waals surface area contributed by atoms with Crippen LogP contribution in [0.4, 0.5) is 0 Å². The Hall–Kier alpha value is -0.220. The van der Waals surface area contributed by atoms with Gasteiger partial charge in [0, 0.05) is 18.0 Å². The van der Waals surface area contributed by atoms with Gasteiger partial charge in [-0.3, -0.25) is 4.79 Å². The van der Waals surface area contributed by atoms with Crippen molar-refractivity contribution < 1.29 is 4.79 Å². The number of nitrogens with one attached hydrogen (secondary N) is 2. The van der Waals surface area contributed by atoms with Crippen LogP contribution in [0, 0.1) is 5.92 Å². The highest BCUT2D eigenvalue weighted by atomic mass is 32.2. The van der Waals surface area contributed by atoms with Crippen LogP contribution in [0.15, 0.2) is 0 Å². The van der Waals surface area contributed by atoms with E-state index in [1.54, 1.807) is 0 Å². The zero-order valence-corrected chi connectivity index (χ0v) is 12.1. The van der Waals surface area contributed by atoms with E-state index in [0.717, 1.165) is 37.3 Å². The first-order valence-electron chi connectivity index (χ1n) is 6.75. The molecule has 0 aromatic heterocycles. The van der Waals surface area contributed by atoms with Gasteiger partial charge in [-0.2, -0.15) is 11.8 Å². The van der Waals surface area contributed by atoms with Crippen molar-refractivity contribution in [3.8, 4) is 0 Å². The smallest absolute Gasteiger partial charge is 0.223 e. The van der Waals surface area contributed by atoms with E-state index in [4.69, 9.17) is 0 Å². The van der Waals surface area contributed by atoms with Crippen molar-refractivity contribution in [1.29, 1.82) is 0 Å². The molecule has 1 aliphatic heterocycles. The molecule has 0 bridgehead atoms. The average Bonchev–Trinajstić information content (AvgIpc) is 2.29. The highest BCUT2D eigenvalue weighted by Crippen LogP contribution is 2.16. The molecule has 0 aromatic carbocycles. The number of rotatable bonds is 6. The molecule has 1 saturated heterocycles. The third kappa shape index (κ3) is 5.77. The number of carbonyl (C=O) groups is 1. The van der Waals surface area contributed by atoms with E-state index < -0.39 is 0 Å². The van der Waals surface area contributed by atoms with E-state index in [1.165, 1.54) is 0 Å². The maximum Gasteiger partial charge on any atom is 0.223 e. The number of hydrogen-bond donors (Lipinski definition) is 2. The van der Waals surface area contributed by atoms with Gasteiger partial charge < -0.3 is 10.6 Å². The predicted molar refractivity (Wildman–Crippen MR) is 75.4 cm³/mol. The van der Waals surface area contributed by atoms with Gasteiger partial charge in [0.05, 0.1) is 0 Å². The Labute approximate surface area is 109 Å². The second kappa shape index (κ2) is 7.98. The van der Waals surface area contributed by atoms with Gasteiger partial charge in [0.1, 0.15) is 0 Å². The Morgan fingerprint density at radius 2 is 2.35 bits per heavy atom. The van der Waals surface area contributed by atoms with Crippen LogP contribution in [-0.4, -0.2) is 36.0 Å². The lowest BCUT2D eigenvalue weighted by Gasteiger charge is -2.28. The summed E-state index contributed by atoms with van der Waals surface area (Å²) in [4.78, 5) is 12.0. The summed E-state index contributed by atoms with van der Waals surface area (Å²) in [6, 6.07) is 0.789. The number of hydrogen-bond acceptors (Lipinski definition) is 3. The normalized spacial score (nSPS) is 26.5. The van der Waals surface area contributed by atoms with E-state index in [2.05, 4.69) is 31.4 Å². The van der Waals surface area contributed by atoms with Crippen molar-refractivity contribution in [3.05, 3.63) is 0 Å². The highest BCUT2D eigenvalue weighted by Gasteiger charge is 2.25. The largest absolute Gasteiger partial charge is 0.353 e. The van der Waals surface area contributed by atoms with Gasteiger partial charge in [-0.25, -0.2) is 0 Å². The van der Waals surface area contributed by atoms with Crippen molar-refractivity contribution in [2.75, 3.05) is 18.1 Å². The zero-order valence-electron chi connectivity index (χ0n) is 11.3. The van der Waals surface area contributed by atoms with E-state index in [9.17, 15) is 4.79 Å². The fraction of sp³-hybridized carbons (Fsp3) is 0.923. The molecule has 0 spiro atoms. The molecular formula is C13H26N2OS. The molecule has 4 heteroatoms. The summed E-state index contributed by atoms with van der Waals surface area (Å²) in [5, 5.41) is 6.53. The van der Waals surface area contributed by atoms with E-state index in [-0.39, 0.29) is 11.8 Å². The molecule has 17 heavy (non-hydrogen) atoms. The molecule has 0 radical (unpaired) electrons. The summed E-state index contributed by atoms with van der Waals surface area (Å²) in [5.74, 6) is 2.77. The van der Waals surface area contributed by atoms with Crippen LogP contribution in [0.3, 0.4) is 0 Å². The minimum Gasteiger partial charge on any atom is -0.353 e. The van der Waals surface area contributed by atoms with Crippen LogP contribution in [-0.2, 0) is 4.79 Å². The number of piperidine rings is 1. The molecule has 1 fully saturated rings. The summed E-state index contributed by atoms with van der Waals surface area (Å²) in [5.41, 5.74) is 0. The molecule has 2 N–H and O–H groups in total. The Morgan fingerprint density at radius 3 is 3.00 bits per heavy atom. The van der Waals surface area contributed by atoms with E-state index in [1.807, 2.05) is 11.8 Å². The molecule has 100 valence electrons. The SMILES string of the molecule is CCSCCC(C)NC(=O)C1CCNC(C)C1. The van der Waals surface area contributed by atoms with E-state index in [0.29, 0.717) is 12.1 Å². The molecular weight excluding hydrogens is 232 g/mol. The third-order valence-electron chi connectivity index (χ3n) is 3.28. The van der Waals surface area contributed by atoms with Crippen molar-refractivity contribution in [2.45, 2.75) is 52.1 Å². The zero-order chi connectivity index (χ0) is 12.7. The fourth-order valence-electron chi connectivity index (χ4n) is 2.21. The van der Waals surface area contributed by atoms with Gasteiger partial charge in [0.2, 0.25) is 5.91 Å². The van der Waals surface area contributed by atoms with Crippen LogP contribution in [0.5, 0.6) is 0 Å². The van der Waals surface area contributed by atoms with E-state index >= 15 is 0 Å². The third-order valence-corrected chi connectivity index (χ3v) is 4.22. The Morgan fingerprint density at radius 1 is 1.59 bits per heavy atom. The first-order chi connectivity index (χ1) is 8.13. The molecule has 1 heterocycles. The van der Waals surface area contributed by atoms with Crippen LogP contribution in [0.2, 0.25) is 0 Å². The summed E-state index contributed by atoms with van der Waals surface area (Å²) in [6.45, 7) is 7.41. The second-order valence-electron chi connectivity index (χ2n) is 4.97. The molecule has 0 aromatic rings. The lowest BCUT2D eigenvalue weighted by Crippen LogP contribution is -2.44. The van der Waals surface area contributed by atoms with Crippen molar-refractivity contribution in [3.63, 3.8) is 0 Å². The van der Waals surface area contributed by atoms with Crippen LogP contribution in [0.25, 0.3) is 0 Å². The molecule has 1 rings (SSSR count). The summed E-state index contributed by atoms with van der Waals surface area (Å²) in [7, 11) is 0.